The van der Waals surface area contributed by atoms with Gasteiger partial charge >= 0.3 is 10.8 Å². The van der Waals surface area contributed by atoms with Crippen LogP contribution in [0.1, 0.15) is 12.8 Å². The lowest BCUT2D eigenvalue weighted by molar-refractivity contribution is -0.139. The van der Waals surface area contributed by atoms with Crippen LogP contribution in [0.15, 0.2) is 32.9 Å². The first-order valence-corrected chi connectivity index (χ1v) is 12.1. The fourth-order valence-electron chi connectivity index (χ4n) is 2.62. The van der Waals surface area contributed by atoms with E-state index in [1.54, 1.807) is 22.5 Å². The summed E-state index contributed by atoms with van der Waals surface area (Å²) in [6, 6.07) is 5.42. The zero-order chi connectivity index (χ0) is 19.2. The number of carbonyl (C=O) groups excluding carboxylic acids is 1. The van der Waals surface area contributed by atoms with Gasteiger partial charge in [0.2, 0.25) is 4.80 Å². The summed E-state index contributed by atoms with van der Waals surface area (Å²) in [5.41, 5.74) is 0.709. The van der Waals surface area contributed by atoms with Gasteiger partial charge in [-0.1, -0.05) is 11.6 Å². The number of hydrogen-bond acceptors (Lipinski definition) is 7. The molecule has 3 rings (SSSR count). The number of hydrogen-bond donors (Lipinski definition) is 0. The van der Waals surface area contributed by atoms with Crippen molar-refractivity contribution in [2.45, 2.75) is 30.8 Å². The molecule has 10 heteroatoms. The average Bonchev–Trinajstić information content (AvgIpc) is 2.98. The van der Waals surface area contributed by atoms with Gasteiger partial charge in [-0.3, -0.25) is 14.3 Å². The van der Waals surface area contributed by atoms with Gasteiger partial charge in [-0.2, -0.15) is 11.8 Å². The first kappa shape index (κ1) is 20.6. The number of nitrogens with zero attached hydrogens (tertiary/aromatic N) is 3. The quantitative estimate of drug-likeness (QED) is 0.371. The molecule has 1 aromatic heterocycles. The molecule has 27 heavy (non-hydrogen) atoms. The SMILES string of the molecule is CSCCOC(=O)CSc1cc(/N=c2\sc(=O)n3n2CCCC3)ccc1Cl. The number of benzene rings is 1. The number of fused-ring (bicyclic) bond motifs is 1. The van der Waals surface area contributed by atoms with E-state index in [0.29, 0.717) is 22.1 Å². The number of halogens is 1. The minimum Gasteiger partial charge on any atom is -0.464 e. The molecule has 0 spiro atoms. The highest BCUT2D eigenvalue weighted by atomic mass is 35.5. The maximum atomic E-state index is 12.1. The van der Waals surface area contributed by atoms with E-state index < -0.39 is 0 Å². The average molecular weight is 446 g/mol. The fourth-order valence-corrected chi connectivity index (χ4v) is 4.81. The van der Waals surface area contributed by atoms with Crippen molar-refractivity contribution in [2.75, 3.05) is 24.4 Å². The molecule has 2 aromatic rings. The molecule has 0 amide bonds. The summed E-state index contributed by atoms with van der Waals surface area (Å²) in [7, 11) is 0. The van der Waals surface area contributed by atoms with Gasteiger partial charge in [-0.05, 0) is 48.6 Å². The van der Waals surface area contributed by atoms with E-state index in [1.165, 1.54) is 11.8 Å². The second kappa shape index (κ2) is 9.86. The summed E-state index contributed by atoms with van der Waals surface area (Å²) in [6.45, 7) is 1.96. The van der Waals surface area contributed by atoms with Crippen LogP contribution in [-0.4, -0.2) is 39.7 Å². The second-order valence-corrected chi connectivity index (χ2v) is 9.16. The molecule has 0 atom stereocenters. The molecule has 0 saturated carbocycles. The van der Waals surface area contributed by atoms with Gasteiger partial charge in [-0.25, -0.2) is 9.67 Å². The number of thioether (sulfide) groups is 2. The fraction of sp³-hybridized carbons (Fsp3) is 0.471. The summed E-state index contributed by atoms with van der Waals surface area (Å²) in [5.74, 6) is 0.720. The third kappa shape index (κ3) is 5.43. The van der Waals surface area contributed by atoms with Crippen molar-refractivity contribution in [3.05, 3.63) is 37.7 Å². The summed E-state index contributed by atoms with van der Waals surface area (Å²) >= 11 is 10.4. The number of carbonyl (C=O) groups is 1. The van der Waals surface area contributed by atoms with Crippen LogP contribution in [0.25, 0.3) is 0 Å². The molecule has 0 aliphatic carbocycles. The summed E-state index contributed by atoms with van der Waals surface area (Å²) in [6.07, 6.45) is 4.03. The minimum atomic E-state index is -0.261. The van der Waals surface area contributed by atoms with Gasteiger partial charge < -0.3 is 4.74 Å². The highest BCUT2D eigenvalue weighted by Gasteiger charge is 2.13. The maximum Gasteiger partial charge on any atom is 0.325 e. The molecular weight excluding hydrogens is 426 g/mol. The van der Waals surface area contributed by atoms with Gasteiger partial charge in [0.05, 0.1) is 16.5 Å². The molecule has 0 bridgehead atoms. The van der Waals surface area contributed by atoms with Crippen LogP contribution in [0.3, 0.4) is 0 Å². The van der Waals surface area contributed by atoms with E-state index in [2.05, 4.69) is 4.99 Å². The Morgan fingerprint density at radius 1 is 1.33 bits per heavy atom. The Hall–Kier alpha value is -1.16. The number of aromatic nitrogens is 2. The van der Waals surface area contributed by atoms with Crippen molar-refractivity contribution in [3.63, 3.8) is 0 Å². The van der Waals surface area contributed by atoms with Crippen molar-refractivity contribution in [1.29, 1.82) is 0 Å². The Balaban J connectivity index is 1.76. The minimum absolute atomic E-state index is 0.0185. The second-order valence-electron chi connectivity index (χ2n) is 5.83. The Kier molecular flexibility index (Phi) is 7.51. The molecular formula is C17H20ClN3O3S3. The van der Waals surface area contributed by atoms with Crippen molar-refractivity contribution >= 4 is 58.1 Å². The van der Waals surface area contributed by atoms with Gasteiger partial charge in [0.25, 0.3) is 0 Å². The van der Waals surface area contributed by atoms with E-state index >= 15 is 0 Å². The molecule has 1 aliphatic heterocycles. The largest absolute Gasteiger partial charge is 0.464 e. The third-order valence-corrected chi connectivity index (χ3v) is 6.84. The van der Waals surface area contributed by atoms with Gasteiger partial charge in [0.15, 0.2) is 0 Å². The molecule has 0 radical (unpaired) electrons. The molecule has 0 fully saturated rings. The Labute approximate surface area is 174 Å². The summed E-state index contributed by atoms with van der Waals surface area (Å²) in [5, 5.41) is 0.565. The smallest absolute Gasteiger partial charge is 0.325 e. The maximum absolute atomic E-state index is 12.1. The van der Waals surface area contributed by atoms with Crippen LogP contribution in [-0.2, 0) is 22.6 Å². The third-order valence-electron chi connectivity index (χ3n) is 3.93. The molecule has 146 valence electrons. The molecule has 1 aliphatic rings. The van der Waals surface area contributed by atoms with Gasteiger partial charge in [0.1, 0.15) is 6.61 Å². The lowest BCUT2D eigenvalue weighted by atomic mass is 10.3. The van der Waals surface area contributed by atoms with E-state index in [4.69, 9.17) is 16.3 Å². The first-order valence-electron chi connectivity index (χ1n) is 8.51. The molecule has 1 aromatic carbocycles. The van der Waals surface area contributed by atoms with Crippen LogP contribution in [0, 0.1) is 0 Å². The monoisotopic (exact) mass is 445 g/mol. The lowest BCUT2D eigenvalue weighted by Crippen LogP contribution is -2.31. The topological polar surface area (TPSA) is 65.6 Å². The van der Waals surface area contributed by atoms with Crippen molar-refractivity contribution in [3.8, 4) is 0 Å². The molecule has 0 saturated heterocycles. The number of ether oxygens (including phenoxy) is 1. The number of esters is 1. The van der Waals surface area contributed by atoms with Gasteiger partial charge in [-0.15, -0.1) is 11.8 Å². The molecule has 0 unspecified atom stereocenters. The lowest BCUT2D eigenvalue weighted by Gasteiger charge is -2.15. The van der Waals surface area contributed by atoms with Crippen molar-refractivity contribution in [1.82, 2.24) is 9.36 Å². The highest BCUT2D eigenvalue weighted by molar-refractivity contribution is 8.00. The van der Waals surface area contributed by atoms with Gasteiger partial charge in [0, 0.05) is 23.7 Å². The molecule has 6 nitrogen and oxygen atoms in total. The Morgan fingerprint density at radius 2 is 2.11 bits per heavy atom. The summed E-state index contributed by atoms with van der Waals surface area (Å²) < 4.78 is 8.85. The predicted molar refractivity (Wildman–Crippen MR) is 113 cm³/mol. The van der Waals surface area contributed by atoms with Crippen molar-refractivity contribution < 1.29 is 9.53 Å². The molecule has 2 heterocycles. The first-order chi connectivity index (χ1) is 13.1. The van der Waals surface area contributed by atoms with Crippen LogP contribution in [0.2, 0.25) is 5.02 Å². The molecule has 0 N–H and O–H groups in total. The zero-order valence-electron chi connectivity index (χ0n) is 14.9. The summed E-state index contributed by atoms with van der Waals surface area (Å²) in [4.78, 5) is 30.0. The van der Waals surface area contributed by atoms with Crippen LogP contribution in [0.4, 0.5) is 5.69 Å². The van der Waals surface area contributed by atoms with E-state index in [0.717, 1.165) is 47.9 Å². The Bertz CT molecular complexity index is 935. The highest BCUT2D eigenvalue weighted by Crippen LogP contribution is 2.31. The Morgan fingerprint density at radius 3 is 2.89 bits per heavy atom. The van der Waals surface area contributed by atoms with E-state index in [9.17, 15) is 9.59 Å². The van der Waals surface area contributed by atoms with Crippen LogP contribution < -0.4 is 9.67 Å². The number of rotatable bonds is 7. The van der Waals surface area contributed by atoms with E-state index in [1.807, 2.05) is 23.1 Å². The van der Waals surface area contributed by atoms with Crippen molar-refractivity contribution in [2.24, 2.45) is 4.99 Å². The van der Waals surface area contributed by atoms with Crippen LogP contribution >= 0.6 is 46.5 Å². The van der Waals surface area contributed by atoms with Crippen LogP contribution in [0.5, 0.6) is 0 Å². The normalized spacial score (nSPS) is 14.2. The zero-order valence-corrected chi connectivity index (χ0v) is 18.1. The van der Waals surface area contributed by atoms with E-state index in [-0.39, 0.29) is 16.6 Å². The predicted octanol–water partition coefficient (Wildman–Crippen LogP) is 3.39. The standard InChI is InChI=1S/C17H20ClN3O3S3/c1-25-9-8-24-15(22)11-26-14-10-12(4-5-13(14)18)19-16-20-6-2-3-7-21(20)17(23)27-16/h4-5,10H,2-3,6-9,11H2,1H3/b19-16-.